The number of carbonyl (C=O) groups is 1. The van der Waals surface area contributed by atoms with Crippen LogP contribution in [0.5, 0.6) is 0 Å². The van der Waals surface area contributed by atoms with E-state index in [0.29, 0.717) is 24.3 Å². The number of aromatic nitrogens is 2. The van der Waals surface area contributed by atoms with E-state index in [9.17, 15) is 4.79 Å². The van der Waals surface area contributed by atoms with Gasteiger partial charge in [-0.1, -0.05) is 19.1 Å². The summed E-state index contributed by atoms with van der Waals surface area (Å²) in [5, 5.41) is 0. The van der Waals surface area contributed by atoms with Crippen LogP contribution in [0.25, 0.3) is 0 Å². The molecule has 1 aromatic heterocycles. The first-order valence-electron chi connectivity index (χ1n) is 8.24. The molecule has 0 saturated carbocycles. The maximum absolute atomic E-state index is 12.5. The molecule has 1 fully saturated rings. The van der Waals surface area contributed by atoms with Crippen molar-refractivity contribution in [1.29, 1.82) is 0 Å². The number of hydrogen-bond acceptors (Lipinski definition) is 2. The van der Waals surface area contributed by atoms with Crippen LogP contribution in [0.15, 0.2) is 24.5 Å². The third-order valence-corrected chi connectivity index (χ3v) is 4.76. The summed E-state index contributed by atoms with van der Waals surface area (Å²) >= 11 is 0. The van der Waals surface area contributed by atoms with Crippen LogP contribution >= 0.6 is 0 Å². The average molecular weight is 287 g/mol. The van der Waals surface area contributed by atoms with E-state index < -0.39 is 0 Å². The van der Waals surface area contributed by atoms with Gasteiger partial charge in [0.2, 0.25) is 5.91 Å². The Hall–Kier alpha value is -1.58. The highest BCUT2D eigenvalue weighted by Gasteiger charge is 2.27. The molecule has 0 radical (unpaired) electrons. The van der Waals surface area contributed by atoms with Crippen molar-refractivity contribution in [2.24, 2.45) is 5.92 Å². The van der Waals surface area contributed by atoms with Crippen LogP contribution < -0.4 is 0 Å². The van der Waals surface area contributed by atoms with Crippen molar-refractivity contribution in [1.82, 2.24) is 14.5 Å². The second-order valence-corrected chi connectivity index (χ2v) is 6.21. The minimum atomic E-state index is 0.328. The third kappa shape index (κ3) is 3.20. The minimum absolute atomic E-state index is 0.328. The lowest BCUT2D eigenvalue weighted by Crippen LogP contribution is -2.41. The van der Waals surface area contributed by atoms with Crippen molar-refractivity contribution >= 4 is 5.91 Å². The van der Waals surface area contributed by atoms with Crippen LogP contribution in [0, 0.1) is 5.92 Å². The molecule has 0 aromatic carbocycles. The molecular weight excluding hydrogens is 262 g/mol. The SMILES string of the molecule is CCc1nccn1C1CCCN(C(=O)CC2C=CCC2)C1. The number of hydrogen-bond donors (Lipinski definition) is 0. The Morgan fingerprint density at radius 2 is 2.33 bits per heavy atom. The minimum Gasteiger partial charge on any atom is -0.341 e. The number of amides is 1. The van der Waals surface area contributed by atoms with E-state index in [4.69, 9.17) is 0 Å². The number of likely N-dealkylation sites (tertiary alicyclic amines) is 1. The summed E-state index contributed by atoms with van der Waals surface area (Å²) in [5.74, 6) is 1.93. The van der Waals surface area contributed by atoms with Gasteiger partial charge in [-0.3, -0.25) is 4.79 Å². The Bertz CT molecular complexity index is 520. The Morgan fingerprint density at radius 3 is 3.10 bits per heavy atom. The molecule has 0 N–H and O–H groups in total. The van der Waals surface area contributed by atoms with Crippen LogP contribution in [-0.2, 0) is 11.2 Å². The summed E-state index contributed by atoms with van der Waals surface area (Å²) in [7, 11) is 0. The molecule has 0 bridgehead atoms. The predicted molar refractivity (Wildman–Crippen MR) is 82.9 cm³/mol. The number of carbonyl (C=O) groups excluding carboxylic acids is 1. The summed E-state index contributed by atoms with van der Waals surface area (Å²) in [6, 6.07) is 0.402. The first kappa shape index (κ1) is 14.4. The van der Waals surface area contributed by atoms with E-state index in [-0.39, 0.29) is 0 Å². The number of rotatable bonds is 4. The molecular formula is C17H25N3O. The molecule has 114 valence electrons. The molecule has 4 heteroatoms. The van der Waals surface area contributed by atoms with E-state index in [1.165, 1.54) is 0 Å². The molecule has 1 amide bonds. The van der Waals surface area contributed by atoms with Crippen LogP contribution in [0.2, 0.25) is 0 Å². The summed E-state index contributed by atoms with van der Waals surface area (Å²) < 4.78 is 2.27. The molecule has 21 heavy (non-hydrogen) atoms. The van der Waals surface area contributed by atoms with Crippen molar-refractivity contribution in [3.8, 4) is 0 Å². The van der Waals surface area contributed by atoms with Crippen LogP contribution in [0.1, 0.15) is 50.9 Å². The topological polar surface area (TPSA) is 38.1 Å². The normalized spacial score (nSPS) is 25.5. The van der Waals surface area contributed by atoms with Gasteiger partial charge in [-0.05, 0) is 31.6 Å². The quantitative estimate of drug-likeness (QED) is 0.799. The molecule has 2 unspecified atom stereocenters. The lowest BCUT2D eigenvalue weighted by atomic mass is 10.0. The number of nitrogens with zero attached hydrogens (tertiary/aromatic N) is 3. The van der Waals surface area contributed by atoms with Gasteiger partial charge in [-0.15, -0.1) is 0 Å². The van der Waals surface area contributed by atoms with E-state index in [1.807, 2.05) is 6.20 Å². The molecule has 1 aliphatic heterocycles. The molecule has 1 aromatic rings. The van der Waals surface area contributed by atoms with Crippen LogP contribution in [-0.4, -0.2) is 33.4 Å². The number of piperidine rings is 1. The fourth-order valence-corrected chi connectivity index (χ4v) is 3.58. The van der Waals surface area contributed by atoms with E-state index in [1.54, 1.807) is 0 Å². The van der Waals surface area contributed by atoms with Gasteiger partial charge in [-0.25, -0.2) is 4.98 Å². The zero-order valence-corrected chi connectivity index (χ0v) is 12.9. The van der Waals surface area contributed by atoms with Crippen LogP contribution in [0.3, 0.4) is 0 Å². The Kier molecular flexibility index (Phi) is 4.42. The Labute approximate surface area is 126 Å². The average Bonchev–Trinajstić information content (AvgIpc) is 3.18. The van der Waals surface area contributed by atoms with Gasteiger partial charge >= 0.3 is 0 Å². The fourth-order valence-electron chi connectivity index (χ4n) is 3.58. The number of allylic oxidation sites excluding steroid dienone is 2. The molecule has 4 nitrogen and oxygen atoms in total. The first-order valence-corrected chi connectivity index (χ1v) is 8.24. The lowest BCUT2D eigenvalue weighted by Gasteiger charge is -2.34. The second-order valence-electron chi connectivity index (χ2n) is 6.21. The first-order chi connectivity index (χ1) is 10.3. The second kappa shape index (κ2) is 6.46. The van der Waals surface area contributed by atoms with Gasteiger partial charge in [0.1, 0.15) is 5.82 Å². The molecule has 2 atom stereocenters. The standard InChI is InChI=1S/C17H25N3O/c1-2-16-18-9-11-20(16)15-8-5-10-19(13-15)17(21)12-14-6-3-4-7-14/h3,6,9,11,14-15H,2,4-5,7-8,10,12-13H2,1H3. The monoisotopic (exact) mass is 287 g/mol. The van der Waals surface area contributed by atoms with Gasteiger partial charge in [0, 0.05) is 38.3 Å². The lowest BCUT2D eigenvalue weighted by molar-refractivity contribution is -0.133. The maximum atomic E-state index is 12.5. The smallest absolute Gasteiger partial charge is 0.223 e. The van der Waals surface area contributed by atoms with E-state index >= 15 is 0 Å². The summed E-state index contributed by atoms with van der Waals surface area (Å²) in [5.41, 5.74) is 0. The summed E-state index contributed by atoms with van der Waals surface area (Å²) in [4.78, 5) is 19.0. The molecule has 3 rings (SSSR count). The molecule has 0 spiro atoms. The van der Waals surface area contributed by atoms with Gasteiger partial charge in [0.25, 0.3) is 0 Å². The van der Waals surface area contributed by atoms with Crippen molar-refractivity contribution in [3.63, 3.8) is 0 Å². The zero-order valence-electron chi connectivity index (χ0n) is 12.9. The van der Waals surface area contributed by atoms with Gasteiger partial charge < -0.3 is 9.47 Å². The van der Waals surface area contributed by atoms with Crippen molar-refractivity contribution < 1.29 is 4.79 Å². The molecule has 2 aliphatic rings. The highest BCUT2D eigenvalue weighted by molar-refractivity contribution is 5.76. The molecule has 1 saturated heterocycles. The number of aryl methyl sites for hydroxylation is 1. The third-order valence-electron chi connectivity index (χ3n) is 4.76. The summed E-state index contributed by atoms with van der Waals surface area (Å²) in [6.07, 6.45) is 14.5. The van der Waals surface area contributed by atoms with Crippen LogP contribution in [0.4, 0.5) is 0 Å². The Morgan fingerprint density at radius 1 is 1.43 bits per heavy atom. The largest absolute Gasteiger partial charge is 0.341 e. The van der Waals surface area contributed by atoms with Crippen molar-refractivity contribution in [3.05, 3.63) is 30.4 Å². The van der Waals surface area contributed by atoms with Gasteiger partial charge in [0.15, 0.2) is 0 Å². The maximum Gasteiger partial charge on any atom is 0.223 e. The van der Waals surface area contributed by atoms with E-state index in [0.717, 1.165) is 51.0 Å². The predicted octanol–water partition coefficient (Wildman–Crippen LogP) is 2.97. The highest BCUT2D eigenvalue weighted by Crippen LogP contribution is 2.26. The fraction of sp³-hybridized carbons (Fsp3) is 0.647. The van der Waals surface area contributed by atoms with E-state index in [2.05, 4.69) is 39.7 Å². The zero-order chi connectivity index (χ0) is 14.7. The number of imidazole rings is 1. The Balaban J connectivity index is 1.62. The summed E-state index contributed by atoms with van der Waals surface area (Å²) in [6.45, 7) is 3.90. The van der Waals surface area contributed by atoms with Crippen molar-refractivity contribution in [2.75, 3.05) is 13.1 Å². The molecule has 1 aliphatic carbocycles. The highest BCUT2D eigenvalue weighted by atomic mass is 16.2. The molecule has 2 heterocycles. The van der Waals surface area contributed by atoms with Crippen molar-refractivity contribution in [2.45, 2.75) is 51.5 Å². The van der Waals surface area contributed by atoms with Gasteiger partial charge in [0.05, 0.1) is 6.04 Å². The van der Waals surface area contributed by atoms with Gasteiger partial charge in [-0.2, -0.15) is 0 Å².